The fourth-order valence-corrected chi connectivity index (χ4v) is 3.48. The van der Waals surface area contributed by atoms with Gasteiger partial charge in [0.25, 0.3) is 0 Å². The lowest BCUT2D eigenvalue weighted by molar-refractivity contribution is 0.904. The minimum Gasteiger partial charge on any atom is -0.355 e. The van der Waals surface area contributed by atoms with Crippen LogP contribution in [0.15, 0.2) is 28.1 Å². The van der Waals surface area contributed by atoms with Crippen LogP contribution in [0.25, 0.3) is 0 Å². The number of thiophene rings is 1. The van der Waals surface area contributed by atoms with Crippen LogP contribution in [0.1, 0.15) is 10.6 Å². The van der Waals surface area contributed by atoms with Gasteiger partial charge in [-0.3, -0.25) is 0 Å². The lowest BCUT2D eigenvalue weighted by Gasteiger charge is -2.18. The third-order valence-electron chi connectivity index (χ3n) is 2.44. The van der Waals surface area contributed by atoms with Gasteiger partial charge in [-0.05, 0) is 34.1 Å². The van der Waals surface area contributed by atoms with E-state index in [-0.39, 0.29) is 0 Å². The number of aromatic nitrogens is 1. The largest absolute Gasteiger partial charge is 0.355 e. The molecule has 18 heavy (non-hydrogen) atoms. The lowest BCUT2D eigenvalue weighted by Crippen LogP contribution is -2.17. The van der Waals surface area contributed by atoms with Gasteiger partial charge in [0.15, 0.2) is 0 Å². The van der Waals surface area contributed by atoms with Crippen molar-refractivity contribution in [2.75, 3.05) is 11.9 Å². The predicted octanol–water partition coefficient (Wildman–Crippen LogP) is 4.93. The first-order chi connectivity index (χ1) is 8.60. The summed E-state index contributed by atoms with van der Waals surface area (Å²) < 4.78 is 1.11. The second-order valence-corrected chi connectivity index (χ2v) is 6.40. The maximum absolute atomic E-state index is 5.99. The first kappa shape index (κ1) is 14.1. The number of alkyl halides is 1. The van der Waals surface area contributed by atoms with Gasteiger partial charge in [-0.15, -0.1) is 22.9 Å². The Bertz CT molecular complexity index is 545. The number of anilines is 1. The number of pyridine rings is 1. The van der Waals surface area contributed by atoms with Crippen molar-refractivity contribution in [3.63, 3.8) is 0 Å². The Morgan fingerprint density at radius 3 is 2.83 bits per heavy atom. The number of hydrogen-bond donors (Lipinski definition) is 0. The van der Waals surface area contributed by atoms with Gasteiger partial charge in [-0.1, -0.05) is 11.6 Å². The maximum Gasteiger partial charge on any atom is 0.129 e. The molecular weight excluding hydrogens is 355 g/mol. The molecule has 0 atom stereocenters. The van der Waals surface area contributed by atoms with Gasteiger partial charge in [-0.2, -0.15) is 0 Å². The van der Waals surface area contributed by atoms with E-state index in [2.05, 4.69) is 37.3 Å². The molecule has 0 fully saturated rings. The molecule has 2 aromatic rings. The molecule has 0 N–H and O–H groups in total. The highest BCUT2D eigenvalue weighted by Crippen LogP contribution is 2.24. The highest BCUT2D eigenvalue weighted by atomic mass is 79.9. The summed E-state index contributed by atoms with van der Waals surface area (Å²) in [6, 6.07) is 5.85. The van der Waals surface area contributed by atoms with Crippen LogP contribution >= 0.6 is 50.5 Å². The Balaban J connectivity index is 2.15. The average Bonchev–Trinajstić information content (AvgIpc) is 2.75. The van der Waals surface area contributed by atoms with Crippen LogP contribution < -0.4 is 4.90 Å². The van der Waals surface area contributed by atoms with Gasteiger partial charge in [-0.25, -0.2) is 4.98 Å². The number of hydrogen-bond acceptors (Lipinski definition) is 3. The van der Waals surface area contributed by atoms with E-state index < -0.39 is 0 Å². The minimum absolute atomic E-state index is 0.324. The highest BCUT2D eigenvalue weighted by molar-refractivity contribution is 9.10. The van der Waals surface area contributed by atoms with Crippen molar-refractivity contribution >= 4 is 56.3 Å². The van der Waals surface area contributed by atoms with E-state index >= 15 is 0 Å². The fraction of sp³-hybridized carbons (Fsp3) is 0.250. The van der Waals surface area contributed by atoms with E-state index in [9.17, 15) is 0 Å². The zero-order valence-corrected chi connectivity index (χ0v) is 13.6. The van der Waals surface area contributed by atoms with E-state index in [0.717, 1.165) is 22.5 Å². The number of halogens is 3. The van der Waals surface area contributed by atoms with Crippen molar-refractivity contribution < 1.29 is 0 Å². The summed E-state index contributed by atoms with van der Waals surface area (Å²) in [5.41, 5.74) is 0.718. The smallest absolute Gasteiger partial charge is 0.129 e. The summed E-state index contributed by atoms with van der Waals surface area (Å²) in [5, 5.41) is 2.68. The predicted molar refractivity (Wildman–Crippen MR) is 82.9 cm³/mol. The Morgan fingerprint density at radius 2 is 2.22 bits per heavy atom. The SMILES string of the molecule is CN(Cc1cc(Br)cs1)c1ccc(Cl)c(CCl)n1. The normalized spacial score (nSPS) is 10.7. The first-order valence-corrected chi connectivity index (χ1v) is 7.84. The molecule has 0 saturated heterocycles. The summed E-state index contributed by atoms with van der Waals surface area (Å²) >= 11 is 17.0. The molecule has 2 heterocycles. The molecule has 2 rings (SSSR count). The van der Waals surface area contributed by atoms with Gasteiger partial charge in [0.1, 0.15) is 5.82 Å². The maximum atomic E-state index is 5.99. The summed E-state index contributed by atoms with van der Waals surface area (Å²) in [5.74, 6) is 1.20. The fourth-order valence-electron chi connectivity index (χ4n) is 1.53. The van der Waals surface area contributed by atoms with Crippen LogP contribution in [0.4, 0.5) is 5.82 Å². The Kier molecular flexibility index (Phi) is 4.90. The van der Waals surface area contributed by atoms with E-state index in [1.165, 1.54) is 4.88 Å². The molecule has 0 aliphatic heterocycles. The highest BCUT2D eigenvalue weighted by Gasteiger charge is 2.08. The number of nitrogens with zero attached hydrogens (tertiary/aromatic N) is 2. The molecule has 0 radical (unpaired) electrons. The third kappa shape index (κ3) is 3.38. The average molecular weight is 366 g/mol. The molecule has 0 aromatic carbocycles. The van der Waals surface area contributed by atoms with Crippen molar-refractivity contribution in [1.29, 1.82) is 0 Å². The lowest BCUT2D eigenvalue weighted by atomic mass is 10.3. The molecule has 96 valence electrons. The van der Waals surface area contributed by atoms with Gasteiger partial charge >= 0.3 is 0 Å². The molecule has 0 spiro atoms. The molecule has 6 heteroatoms. The van der Waals surface area contributed by atoms with Crippen molar-refractivity contribution in [3.05, 3.63) is 43.6 Å². The van der Waals surface area contributed by atoms with Crippen molar-refractivity contribution in [2.24, 2.45) is 0 Å². The second-order valence-electron chi connectivity index (χ2n) is 3.82. The standard InChI is InChI=1S/C12H11BrCl2N2S/c1-17(6-9-4-8(13)7-18-9)12-3-2-10(15)11(5-14)16-12/h2-4,7H,5-6H2,1H3. The molecular formula is C12H11BrCl2N2S. The summed E-state index contributed by atoms with van der Waals surface area (Å²) in [4.78, 5) is 7.79. The Hall–Kier alpha value is -0.290. The molecule has 0 aliphatic carbocycles. The topological polar surface area (TPSA) is 16.1 Å². The molecule has 0 amide bonds. The molecule has 0 saturated carbocycles. The van der Waals surface area contributed by atoms with Gasteiger partial charge in [0.05, 0.1) is 23.1 Å². The van der Waals surface area contributed by atoms with Crippen molar-refractivity contribution in [3.8, 4) is 0 Å². The summed E-state index contributed by atoms with van der Waals surface area (Å²) in [7, 11) is 2.00. The third-order valence-corrected chi connectivity index (χ3v) is 4.72. The molecule has 0 bridgehead atoms. The van der Waals surface area contributed by atoms with Gasteiger partial charge in [0, 0.05) is 21.8 Å². The van der Waals surface area contributed by atoms with E-state index in [1.807, 2.05) is 19.2 Å². The van der Waals surface area contributed by atoms with E-state index in [1.54, 1.807) is 11.3 Å². The Labute approximate surface area is 129 Å². The summed E-state index contributed by atoms with van der Waals surface area (Å²) in [6.07, 6.45) is 0. The van der Waals surface area contributed by atoms with Crippen molar-refractivity contribution in [1.82, 2.24) is 4.98 Å². The second kappa shape index (κ2) is 6.24. The summed E-state index contributed by atoms with van der Waals surface area (Å²) in [6.45, 7) is 0.812. The van der Waals surface area contributed by atoms with Gasteiger partial charge in [0.2, 0.25) is 0 Å². The molecule has 2 nitrogen and oxygen atoms in total. The Morgan fingerprint density at radius 1 is 1.44 bits per heavy atom. The van der Waals surface area contributed by atoms with Crippen LogP contribution in [0.5, 0.6) is 0 Å². The first-order valence-electron chi connectivity index (χ1n) is 5.25. The van der Waals surface area contributed by atoms with Crippen LogP contribution in [0.2, 0.25) is 5.02 Å². The molecule has 0 aliphatic rings. The molecule has 0 unspecified atom stereocenters. The zero-order valence-electron chi connectivity index (χ0n) is 9.66. The van der Waals surface area contributed by atoms with Crippen molar-refractivity contribution in [2.45, 2.75) is 12.4 Å². The minimum atomic E-state index is 0.324. The van der Waals surface area contributed by atoms with Crippen LogP contribution in [0.3, 0.4) is 0 Å². The monoisotopic (exact) mass is 364 g/mol. The quantitative estimate of drug-likeness (QED) is 0.713. The van der Waals surface area contributed by atoms with Crippen LogP contribution in [-0.4, -0.2) is 12.0 Å². The zero-order chi connectivity index (χ0) is 13.1. The van der Waals surface area contributed by atoms with Gasteiger partial charge < -0.3 is 4.90 Å². The van der Waals surface area contributed by atoms with Crippen LogP contribution in [0, 0.1) is 0 Å². The number of rotatable bonds is 4. The van der Waals surface area contributed by atoms with Crippen LogP contribution in [-0.2, 0) is 12.4 Å². The van der Waals surface area contributed by atoms with E-state index in [4.69, 9.17) is 23.2 Å². The van der Waals surface area contributed by atoms with E-state index in [0.29, 0.717) is 10.9 Å². The molecule has 2 aromatic heterocycles.